The quantitative estimate of drug-likeness (QED) is 0.651. The van der Waals surface area contributed by atoms with Crippen molar-refractivity contribution in [3.8, 4) is 0 Å². The molecule has 110 valence electrons. The SMILES string of the molecule is COC(C)CC(=O)NC[C@@H]1C[C@H](F)CN1CC(N)=O. The van der Waals surface area contributed by atoms with Crippen LogP contribution in [0.15, 0.2) is 0 Å². The fourth-order valence-corrected chi connectivity index (χ4v) is 2.18. The summed E-state index contributed by atoms with van der Waals surface area (Å²) in [5.41, 5.74) is 5.11. The number of rotatable bonds is 7. The van der Waals surface area contributed by atoms with Crippen molar-refractivity contribution in [2.24, 2.45) is 5.73 Å². The molecule has 0 aliphatic carbocycles. The number of hydrogen-bond acceptors (Lipinski definition) is 4. The molecule has 0 spiro atoms. The Balaban J connectivity index is 2.37. The molecule has 3 atom stereocenters. The van der Waals surface area contributed by atoms with Crippen molar-refractivity contribution in [1.29, 1.82) is 0 Å². The van der Waals surface area contributed by atoms with Gasteiger partial charge in [-0.25, -0.2) is 4.39 Å². The van der Waals surface area contributed by atoms with Gasteiger partial charge in [0.2, 0.25) is 11.8 Å². The average molecular weight is 275 g/mol. The van der Waals surface area contributed by atoms with Crippen molar-refractivity contribution in [2.75, 3.05) is 26.7 Å². The van der Waals surface area contributed by atoms with E-state index in [9.17, 15) is 14.0 Å². The third kappa shape index (κ3) is 5.52. The third-order valence-electron chi connectivity index (χ3n) is 3.25. The minimum atomic E-state index is -0.973. The summed E-state index contributed by atoms with van der Waals surface area (Å²) in [6, 6.07) is -0.177. The van der Waals surface area contributed by atoms with E-state index in [0.717, 1.165) is 0 Å². The van der Waals surface area contributed by atoms with Crippen LogP contribution in [0.25, 0.3) is 0 Å². The largest absolute Gasteiger partial charge is 0.381 e. The number of halogens is 1. The fourth-order valence-electron chi connectivity index (χ4n) is 2.18. The van der Waals surface area contributed by atoms with Crippen molar-refractivity contribution in [3.63, 3.8) is 0 Å². The lowest BCUT2D eigenvalue weighted by Gasteiger charge is -2.22. The van der Waals surface area contributed by atoms with Gasteiger partial charge in [-0.05, 0) is 13.3 Å². The van der Waals surface area contributed by atoms with Gasteiger partial charge in [0, 0.05) is 26.2 Å². The van der Waals surface area contributed by atoms with E-state index in [1.165, 1.54) is 7.11 Å². The second-order valence-corrected chi connectivity index (χ2v) is 4.94. The zero-order valence-electron chi connectivity index (χ0n) is 11.4. The molecule has 3 N–H and O–H groups in total. The Bertz CT molecular complexity index is 327. The first-order valence-corrected chi connectivity index (χ1v) is 6.38. The maximum absolute atomic E-state index is 13.3. The standard InChI is InChI=1S/C12H22FN3O3/c1-8(19-2)3-12(18)15-5-10-4-9(13)6-16(10)7-11(14)17/h8-10H,3-7H2,1-2H3,(H2,14,17)(H,15,18)/t8?,9-,10-/m0/s1. The number of carbonyl (C=O) groups excluding carboxylic acids is 2. The summed E-state index contributed by atoms with van der Waals surface area (Å²) in [5.74, 6) is -0.630. The van der Waals surface area contributed by atoms with Crippen molar-refractivity contribution < 1.29 is 18.7 Å². The molecule has 0 radical (unpaired) electrons. The van der Waals surface area contributed by atoms with E-state index in [1.807, 2.05) is 0 Å². The molecular weight excluding hydrogens is 253 g/mol. The van der Waals surface area contributed by atoms with E-state index in [-0.39, 0.29) is 37.6 Å². The lowest BCUT2D eigenvalue weighted by Crippen LogP contribution is -2.44. The summed E-state index contributed by atoms with van der Waals surface area (Å²) >= 11 is 0. The predicted molar refractivity (Wildman–Crippen MR) is 68.2 cm³/mol. The van der Waals surface area contributed by atoms with Crippen molar-refractivity contribution >= 4 is 11.8 Å². The maximum Gasteiger partial charge on any atom is 0.231 e. The predicted octanol–water partition coefficient (Wildman–Crippen LogP) is -0.575. The van der Waals surface area contributed by atoms with E-state index < -0.39 is 12.1 Å². The molecule has 0 aromatic carbocycles. The van der Waals surface area contributed by atoms with Gasteiger partial charge in [0.1, 0.15) is 6.17 Å². The van der Waals surface area contributed by atoms with Crippen LogP contribution in [0.1, 0.15) is 19.8 Å². The lowest BCUT2D eigenvalue weighted by atomic mass is 10.2. The van der Waals surface area contributed by atoms with Gasteiger partial charge in [-0.15, -0.1) is 0 Å². The van der Waals surface area contributed by atoms with Crippen LogP contribution in [0.5, 0.6) is 0 Å². The zero-order valence-corrected chi connectivity index (χ0v) is 11.4. The molecule has 1 rings (SSSR count). The minimum Gasteiger partial charge on any atom is -0.381 e. The smallest absolute Gasteiger partial charge is 0.231 e. The van der Waals surface area contributed by atoms with Gasteiger partial charge in [-0.2, -0.15) is 0 Å². The van der Waals surface area contributed by atoms with Crippen LogP contribution < -0.4 is 11.1 Å². The average Bonchev–Trinajstić information content (AvgIpc) is 2.65. The summed E-state index contributed by atoms with van der Waals surface area (Å²) in [6.45, 7) is 2.34. The first kappa shape index (κ1) is 15.8. The molecule has 2 amide bonds. The Labute approximate surface area is 112 Å². The van der Waals surface area contributed by atoms with Crippen molar-refractivity contribution in [1.82, 2.24) is 10.2 Å². The molecule has 0 saturated carbocycles. The van der Waals surface area contributed by atoms with Gasteiger partial charge in [0.05, 0.1) is 19.1 Å². The van der Waals surface area contributed by atoms with E-state index in [1.54, 1.807) is 11.8 Å². The van der Waals surface area contributed by atoms with Crippen LogP contribution in [0, 0.1) is 0 Å². The Kier molecular flexibility index (Phi) is 6.17. The number of ether oxygens (including phenoxy) is 1. The van der Waals surface area contributed by atoms with Gasteiger partial charge in [-0.3, -0.25) is 14.5 Å². The molecule has 1 aliphatic rings. The molecule has 0 aromatic heterocycles. The number of nitrogens with one attached hydrogen (secondary N) is 1. The highest BCUT2D eigenvalue weighted by Gasteiger charge is 2.32. The van der Waals surface area contributed by atoms with Crippen LogP contribution in [-0.4, -0.2) is 61.8 Å². The Morgan fingerprint density at radius 1 is 1.58 bits per heavy atom. The maximum atomic E-state index is 13.3. The van der Waals surface area contributed by atoms with Crippen LogP contribution in [0.2, 0.25) is 0 Å². The molecule has 1 heterocycles. The van der Waals surface area contributed by atoms with Gasteiger partial charge < -0.3 is 15.8 Å². The van der Waals surface area contributed by atoms with Crippen LogP contribution in [0.4, 0.5) is 4.39 Å². The molecule has 19 heavy (non-hydrogen) atoms. The number of alkyl halides is 1. The molecular formula is C12H22FN3O3. The Morgan fingerprint density at radius 2 is 2.26 bits per heavy atom. The number of hydrogen-bond donors (Lipinski definition) is 2. The number of nitrogens with two attached hydrogens (primary N) is 1. The zero-order chi connectivity index (χ0) is 14.4. The first-order chi connectivity index (χ1) is 8.92. The van der Waals surface area contributed by atoms with Crippen LogP contribution in [0.3, 0.4) is 0 Å². The molecule has 6 nitrogen and oxygen atoms in total. The topological polar surface area (TPSA) is 84.7 Å². The third-order valence-corrected chi connectivity index (χ3v) is 3.25. The van der Waals surface area contributed by atoms with Crippen molar-refractivity contribution in [2.45, 2.75) is 38.1 Å². The first-order valence-electron chi connectivity index (χ1n) is 6.38. The van der Waals surface area contributed by atoms with Crippen LogP contribution >= 0.6 is 0 Å². The highest BCUT2D eigenvalue weighted by Crippen LogP contribution is 2.19. The van der Waals surface area contributed by atoms with E-state index >= 15 is 0 Å². The number of amides is 2. The molecule has 1 fully saturated rings. The van der Waals surface area contributed by atoms with Gasteiger partial charge >= 0.3 is 0 Å². The van der Waals surface area contributed by atoms with E-state index in [4.69, 9.17) is 10.5 Å². The number of nitrogens with zero attached hydrogens (tertiary/aromatic N) is 1. The molecule has 1 unspecified atom stereocenters. The Morgan fingerprint density at radius 3 is 2.84 bits per heavy atom. The second-order valence-electron chi connectivity index (χ2n) is 4.94. The lowest BCUT2D eigenvalue weighted by molar-refractivity contribution is -0.123. The summed E-state index contributed by atoms with van der Waals surface area (Å²) in [5, 5.41) is 2.73. The van der Waals surface area contributed by atoms with E-state index in [2.05, 4.69) is 5.32 Å². The molecule has 0 bridgehead atoms. The number of carbonyl (C=O) groups is 2. The van der Waals surface area contributed by atoms with Crippen LogP contribution in [-0.2, 0) is 14.3 Å². The molecule has 1 aliphatic heterocycles. The molecule has 0 aromatic rings. The number of methoxy groups -OCH3 is 1. The molecule has 7 heteroatoms. The normalized spacial score (nSPS) is 25.2. The summed E-state index contributed by atoms with van der Waals surface area (Å²) < 4.78 is 18.3. The highest BCUT2D eigenvalue weighted by atomic mass is 19.1. The summed E-state index contributed by atoms with van der Waals surface area (Å²) in [6.07, 6.45) is -0.552. The molecule has 1 saturated heterocycles. The Hall–Kier alpha value is -1.21. The highest BCUT2D eigenvalue weighted by molar-refractivity contribution is 5.77. The summed E-state index contributed by atoms with van der Waals surface area (Å²) in [7, 11) is 1.54. The van der Waals surface area contributed by atoms with E-state index in [0.29, 0.717) is 13.0 Å². The van der Waals surface area contributed by atoms with Gasteiger partial charge in [0.15, 0.2) is 0 Å². The second kappa shape index (κ2) is 7.40. The number of primary amides is 1. The fraction of sp³-hybridized carbons (Fsp3) is 0.833. The van der Waals surface area contributed by atoms with Gasteiger partial charge in [0.25, 0.3) is 0 Å². The minimum absolute atomic E-state index is 0.0232. The van der Waals surface area contributed by atoms with Crippen molar-refractivity contribution in [3.05, 3.63) is 0 Å². The monoisotopic (exact) mass is 275 g/mol. The van der Waals surface area contributed by atoms with Gasteiger partial charge in [-0.1, -0.05) is 0 Å². The summed E-state index contributed by atoms with van der Waals surface area (Å²) in [4.78, 5) is 24.1. The number of likely N-dealkylation sites (tertiary alicyclic amines) is 1.